The first-order valence-corrected chi connectivity index (χ1v) is 10.9. The van der Waals surface area contributed by atoms with Gasteiger partial charge in [-0.25, -0.2) is 22.7 Å². The van der Waals surface area contributed by atoms with Crippen LogP contribution in [-0.2, 0) is 9.84 Å². The topological polar surface area (TPSA) is 84.8 Å². The molecule has 0 saturated carbocycles. The fourth-order valence-corrected chi connectivity index (χ4v) is 5.29. The molecule has 0 unspecified atom stereocenters. The molecule has 0 radical (unpaired) electrons. The highest BCUT2D eigenvalue weighted by Crippen LogP contribution is 2.23. The molecule has 1 heterocycles. The van der Waals surface area contributed by atoms with Crippen LogP contribution in [0.3, 0.4) is 0 Å². The van der Waals surface area contributed by atoms with Gasteiger partial charge < -0.3 is 0 Å². The Kier molecular flexibility index (Phi) is 5.81. The lowest BCUT2D eigenvalue weighted by atomic mass is 10.1. The number of benzene rings is 2. The van der Waals surface area contributed by atoms with Crippen LogP contribution in [0, 0.1) is 5.82 Å². The lowest BCUT2D eigenvalue weighted by Crippen LogP contribution is -2.22. The maximum absolute atomic E-state index is 13.0. The third kappa shape index (κ3) is 4.48. The van der Waals surface area contributed by atoms with Gasteiger partial charge in [0.25, 0.3) is 0 Å². The van der Waals surface area contributed by atoms with Crippen molar-refractivity contribution in [1.82, 2.24) is 14.8 Å². The maximum atomic E-state index is 13.0. The Morgan fingerprint density at radius 2 is 1.81 bits per heavy atom. The zero-order valence-electron chi connectivity index (χ0n) is 14.5. The number of aromatic amines is 1. The van der Waals surface area contributed by atoms with Gasteiger partial charge in [0, 0.05) is 5.75 Å². The predicted octanol–water partition coefficient (Wildman–Crippen LogP) is 2.89. The lowest BCUT2D eigenvalue weighted by molar-refractivity contribution is 0.566. The van der Waals surface area contributed by atoms with Crippen LogP contribution in [0.15, 0.2) is 69.4 Å². The minimum atomic E-state index is -3.54. The molecule has 6 nitrogen and oxygen atoms in total. The van der Waals surface area contributed by atoms with Crippen LogP contribution in [-0.4, -0.2) is 34.7 Å². The van der Waals surface area contributed by atoms with E-state index >= 15 is 0 Å². The zero-order chi connectivity index (χ0) is 19.4. The molecule has 0 aliphatic carbocycles. The van der Waals surface area contributed by atoms with E-state index in [1.165, 1.54) is 28.5 Å². The fraction of sp³-hybridized carbons (Fsp3) is 0.222. The van der Waals surface area contributed by atoms with Crippen molar-refractivity contribution in [3.8, 4) is 0 Å². The number of nitrogens with zero attached hydrogens (tertiary/aromatic N) is 2. The summed E-state index contributed by atoms with van der Waals surface area (Å²) in [6.07, 6.45) is 0. The normalized spacial score (nSPS) is 12.8. The molecule has 142 valence electrons. The van der Waals surface area contributed by atoms with E-state index < -0.39 is 15.7 Å². The summed E-state index contributed by atoms with van der Waals surface area (Å²) in [5.74, 6) is -0.422. The smallest absolute Gasteiger partial charge is 0.263 e. The molecule has 0 spiro atoms. The molecule has 1 atom stereocenters. The summed E-state index contributed by atoms with van der Waals surface area (Å²) < 4.78 is 39.2. The molecule has 0 aliphatic rings. The van der Waals surface area contributed by atoms with Gasteiger partial charge in [0.1, 0.15) is 5.82 Å². The Labute approximate surface area is 160 Å². The first-order valence-electron chi connectivity index (χ1n) is 8.21. The fourth-order valence-electron chi connectivity index (χ4n) is 2.62. The average Bonchev–Trinajstić information content (AvgIpc) is 3.02. The van der Waals surface area contributed by atoms with Crippen molar-refractivity contribution < 1.29 is 12.8 Å². The first kappa shape index (κ1) is 19.4. The monoisotopic (exact) mass is 407 g/mol. The highest BCUT2D eigenvalue weighted by Gasteiger charge is 2.19. The highest BCUT2D eigenvalue weighted by atomic mass is 32.2. The van der Waals surface area contributed by atoms with Crippen molar-refractivity contribution in [2.75, 3.05) is 11.5 Å². The van der Waals surface area contributed by atoms with Gasteiger partial charge in [0.05, 0.1) is 16.7 Å². The Bertz CT molecular complexity index is 1060. The molecule has 27 heavy (non-hydrogen) atoms. The summed E-state index contributed by atoms with van der Waals surface area (Å²) in [5.41, 5.74) is 0.594. The largest absolute Gasteiger partial charge is 0.344 e. The Balaban J connectivity index is 1.72. The molecule has 3 rings (SSSR count). The van der Waals surface area contributed by atoms with Crippen molar-refractivity contribution in [3.05, 3.63) is 76.5 Å². The molecule has 9 heteroatoms. The van der Waals surface area contributed by atoms with E-state index in [4.69, 9.17) is 0 Å². The van der Waals surface area contributed by atoms with E-state index in [1.807, 2.05) is 37.3 Å². The van der Waals surface area contributed by atoms with Gasteiger partial charge >= 0.3 is 5.69 Å². The highest BCUT2D eigenvalue weighted by molar-refractivity contribution is 8.00. The lowest BCUT2D eigenvalue weighted by Gasteiger charge is -2.14. The summed E-state index contributed by atoms with van der Waals surface area (Å²) in [7, 11) is -3.54. The van der Waals surface area contributed by atoms with Gasteiger partial charge in [-0.3, -0.25) is 4.57 Å². The van der Waals surface area contributed by atoms with Crippen molar-refractivity contribution in [2.45, 2.75) is 23.0 Å². The van der Waals surface area contributed by atoms with Crippen LogP contribution in [0.5, 0.6) is 0 Å². The van der Waals surface area contributed by atoms with Crippen LogP contribution in [0.1, 0.15) is 18.5 Å². The number of aromatic nitrogens is 3. The molecule has 1 N–H and O–H groups in total. The van der Waals surface area contributed by atoms with Crippen molar-refractivity contribution in [1.29, 1.82) is 0 Å². The second-order valence-corrected chi connectivity index (χ2v) is 9.06. The number of sulfone groups is 1. The van der Waals surface area contributed by atoms with Crippen molar-refractivity contribution >= 4 is 21.6 Å². The molecule has 0 bridgehead atoms. The summed E-state index contributed by atoms with van der Waals surface area (Å²) in [6.45, 7) is 1.88. The average molecular weight is 407 g/mol. The second kappa shape index (κ2) is 8.10. The number of hydrogen-bond acceptors (Lipinski definition) is 5. The molecule has 0 saturated heterocycles. The van der Waals surface area contributed by atoms with E-state index in [9.17, 15) is 17.6 Å². The first-order chi connectivity index (χ1) is 12.9. The molecule has 1 aromatic heterocycles. The van der Waals surface area contributed by atoms with Gasteiger partial charge in [-0.2, -0.15) is 0 Å². The maximum Gasteiger partial charge on any atom is 0.344 e. The van der Waals surface area contributed by atoms with Gasteiger partial charge in [-0.15, -0.1) is 5.10 Å². The van der Waals surface area contributed by atoms with Crippen LogP contribution in [0.4, 0.5) is 4.39 Å². The van der Waals surface area contributed by atoms with Crippen LogP contribution < -0.4 is 5.69 Å². The molecule has 2 aromatic carbocycles. The van der Waals surface area contributed by atoms with Gasteiger partial charge in [-0.1, -0.05) is 42.1 Å². The van der Waals surface area contributed by atoms with Crippen molar-refractivity contribution in [3.63, 3.8) is 0 Å². The number of nitrogens with one attached hydrogen (secondary N) is 1. The number of H-pyrrole nitrogens is 1. The van der Waals surface area contributed by atoms with E-state index in [1.54, 1.807) is 0 Å². The Hall–Kier alpha value is -2.39. The molecular weight excluding hydrogens is 389 g/mol. The van der Waals surface area contributed by atoms with E-state index in [0.29, 0.717) is 5.16 Å². The van der Waals surface area contributed by atoms with E-state index in [2.05, 4.69) is 10.2 Å². The van der Waals surface area contributed by atoms with Gasteiger partial charge in [-0.05, 0) is 36.8 Å². The second-order valence-electron chi connectivity index (χ2n) is 5.89. The molecule has 0 aliphatic heterocycles. The Morgan fingerprint density at radius 1 is 1.15 bits per heavy atom. The third-order valence-electron chi connectivity index (χ3n) is 4.10. The standard InChI is InChI=1S/C18H18FN3O3S2/c1-13(14-5-3-2-4-6-14)22-17(23)20-21-18(22)26-11-12-27(24,25)16-9-7-15(19)8-10-16/h2-10,13H,11-12H2,1H3,(H,20,23)/t13-/m0/s1. The summed E-state index contributed by atoms with van der Waals surface area (Å²) in [5, 5.41) is 6.85. The molecular formula is C18H18FN3O3S2. The minimum absolute atomic E-state index is 0.0709. The molecule has 0 amide bonds. The molecule has 0 fully saturated rings. The van der Waals surface area contributed by atoms with Gasteiger partial charge in [0.2, 0.25) is 0 Å². The quantitative estimate of drug-likeness (QED) is 0.481. The van der Waals surface area contributed by atoms with E-state index in [-0.39, 0.29) is 28.1 Å². The van der Waals surface area contributed by atoms with Crippen LogP contribution in [0.25, 0.3) is 0 Å². The minimum Gasteiger partial charge on any atom is -0.263 e. The predicted molar refractivity (Wildman–Crippen MR) is 102 cm³/mol. The van der Waals surface area contributed by atoms with Crippen molar-refractivity contribution in [2.24, 2.45) is 0 Å². The summed E-state index contributed by atoms with van der Waals surface area (Å²) >= 11 is 1.18. The van der Waals surface area contributed by atoms with Gasteiger partial charge in [0.15, 0.2) is 15.0 Å². The number of thioether (sulfide) groups is 1. The number of halogens is 1. The van der Waals surface area contributed by atoms with Crippen LogP contribution in [0.2, 0.25) is 0 Å². The summed E-state index contributed by atoms with van der Waals surface area (Å²) in [6, 6.07) is 14.0. The summed E-state index contributed by atoms with van der Waals surface area (Å²) in [4.78, 5) is 12.2. The number of rotatable bonds is 7. The zero-order valence-corrected chi connectivity index (χ0v) is 16.1. The van der Waals surface area contributed by atoms with Crippen LogP contribution >= 0.6 is 11.8 Å². The van der Waals surface area contributed by atoms with E-state index in [0.717, 1.165) is 17.7 Å². The molecule has 3 aromatic rings. The Morgan fingerprint density at radius 3 is 2.48 bits per heavy atom. The SMILES string of the molecule is C[C@@H](c1ccccc1)n1c(SCCS(=O)(=O)c2ccc(F)cc2)n[nH]c1=O. The number of hydrogen-bond donors (Lipinski definition) is 1. The third-order valence-corrected chi connectivity index (χ3v) is 7.04.